The van der Waals surface area contributed by atoms with Crippen LogP contribution in [0.5, 0.6) is 0 Å². The van der Waals surface area contributed by atoms with E-state index in [-0.39, 0.29) is 14.7 Å². The molecule has 0 amide bonds. The highest BCUT2D eigenvalue weighted by Crippen LogP contribution is 2.54. The zero-order chi connectivity index (χ0) is 33.6. The highest BCUT2D eigenvalue weighted by Gasteiger charge is 2.68. The lowest BCUT2D eigenvalue weighted by Gasteiger charge is -2.32. The van der Waals surface area contributed by atoms with E-state index in [1.165, 1.54) is 18.2 Å². The maximum Gasteiger partial charge on any atom is 0.468 e. The first-order valence-electron chi connectivity index (χ1n) is 15.4. The van der Waals surface area contributed by atoms with Gasteiger partial charge in [0.15, 0.2) is 27.9 Å². The van der Waals surface area contributed by atoms with Gasteiger partial charge < -0.3 is 0 Å². The van der Waals surface area contributed by atoms with Gasteiger partial charge in [0.1, 0.15) is 0 Å². The molecule has 0 saturated carbocycles. The summed E-state index contributed by atoms with van der Waals surface area (Å²) >= 11 is 0. The van der Waals surface area contributed by atoms with Crippen LogP contribution in [-0.2, 0) is 27.9 Å². The lowest BCUT2D eigenvalue weighted by molar-refractivity contribution is 0.606. The Morgan fingerprint density at radius 2 is 0.727 bits per heavy atom. The normalized spacial score (nSPS) is 29.3. The van der Waals surface area contributed by atoms with Crippen LogP contribution >= 0.6 is 20.7 Å². The number of hydrogen-bond donors (Lipinski definition) is 0. The number of hydrogen-bond acceptors (Lipinski definition) is 6. The molecule has 0 spiro atoms. The van der Waals surface area contributed by atoms with Gasteiger partial charge in [0.2, 0.25) is 0 Å². The van der Waals surface area contributed by atoms with E-state index in [1.807, 2.05) is 38.2 Å². The third-order valence-corrected chi connectivity index (χ3v) is 50.0. The zero-order valence-corrected chi connectivity index (χ0v) is 34.1. The molecule has 0 aromatic rings. The molecule has 0 N–H and O–H groups in total. The average molecular weight is 737 g/mol. The second kappa shape index (κ2) is 13.1. The van der Waals surface area contributed by atoms with E-state index in [0.29, 0.717) is 19.3 Å². The Balaban J connectivity index is 2.49. The minimum Gasteiger partial charge on any atom is -0.229 e. The first kappa shape index (κ1) is 37.9. The van der Waals surface area contributed by atoms with E-state index < -0.39 is 54.0 Å². The van der Waals surface area contributed by atoms with Crippen LogP contribution in [0.25, 0.3) is 0 Å². The Morgan fingerprint density at radius 1 is 0.500 bits per heavy atom. The van der Waals surface area contributed by atoms with Gasteiger partial charge in [-0.05, 0) is 117 Å². The van der Waals surface area contributed by atoms with Crippen LogP contribution in [-0.4, -0.2) is 85.1 Å². The standard InChI is InChI=1S/C31H51O6P3S3Si/c1-11-26-23-29(17-20-38(26,7)14-4)41(32,33)44(10,42(34,35)30-18-21-39(8,15-5)27(12-2)24-30)43(36,37)31-19-22-40(9,16-6)28(13-3)25-31/h17-25H,11-16H2,1-10H3. The average Bonchev–Trinajstić information content (AvgIpc) is 3.00. The van der Waals surface area contributed by atoms with E-state index in [4.69, 9.17) is 0 Å². The fourth-order valence-corrected chi connectivity index (χ4v) is 38.3. The molecular formula is C31H51O6P3S3Si. The fourth-order valence-electron chi connectivity index (χ4n) is 5.97. The van der Waals surface area contributed by atoms with Crippen LogP contribution in [0.3, 0.4) is 0 Å². The third kappa shape index (κ3) is 5.86. The molecule has 3 unspecified atom stereocenters. The van der Waals surface area contributed by atoms with Crippen LogP contribution in [0, 0.1) is 0 Å². The topological polar surface area (TPSA) is 102 Å². The minimum absolute atomic E-state index is 0.210. The van der Waals surface area contributed by atoms with Gasteiger partial charge in [-0.1, -0.05) is 79.7 Å². The lowest BCUT2D eigenvalue weighted by Crippen LogP contribution is -2.57. The number of allylic oxidation sites excluding steroid dienone is 6. The van der Waals surface area contributed by atoms with Crippen molar-refractivity contribution < 1.29 is 25.3 Å². The molecule has 13 heteroatoms. The molecule has 44 heavy (non-hydrogen) atoms. The van der Waals surface area contributed by atoms with Crippen molar-refractivity contribution in [2.75, 3.05) is 38.5 Å². The lowest BCUT2D eigenvalue weighted by atomic mass is 10.3. The Kier molecular flexibility index (Phi) is 11.3. The van der Waals surface area contributed by atoms with Crippen LogP contribution in [0.2, 0.25) is 6.55 Å². The molecule has 3 heterocycles. The smallest absolute Gasteiger partial charge is 0.229 e. The highest BCUT2D eigenvalue weighted by atomic mass is 32.8. The van der Waals surface area contributed by atoms with Gasteiger partial charge in [0.25, 0.3) is 0 Å². The molecule has 0 fully saturated rings. The quantitative estimate of drug-likeness (QED) is 0.150. The van der Waals surface area contributed by atoms with Gasteiger partial charge in [0.05, 0.1) is 14.7 Å². The van der Waals surface area contributed by atoms with E-state index in [9.17, 15) is 25.3 Å². The van der Waals surface area contributed by atoms with Gasteiger partial charge in [-0.15, -0.1) is 0 Å². The summed E-state index contributed by atoms with van der Waals surface area (Å²) in [5, 5.41) is 2.82. The van der Waals surface area contributed by atoms with Crippen LogP contribution < -0.4 is 0 Å². The largest absolute Gasteiger partial charge is 0.468 e. The van der Waals surface area contributed by atoms with Crippen molar-refractivity contribution in [3.05, 3.63) is 68.6 Å². The molecule has 3 aliphatic rings. The van der Waals surface area contributed by atoms with Gasteiger partial charge in [-0.25, -0.2) is 25.3 Å². The molecule has 0 bridgehead atoms. The van der Waals surface area contributed by atoms with Gasteiger partial charge in [-0.3, -0.25) is 0 Å². The van der Waals surface area contributed by atoms with Crippen molar-refractivity contribution >= 4 is 69.9 Å². The van der Waals surface area contributed by atoms with Crippen molar-refractivity contribution in [3.63, 3.8) is 0 Å². The SMILES string of the molecule is CCC1=P(C)(CC)C=CC(S(=O)(=O)[Si](C)(S(=O)(=O)C2=CC(CC)=P(C)(CC)C=C2)S(=O)(=O)C2=CC(CC)=P(C)(CC)C=C2)=C1. The molecule has 6 nitrogen and oxygen atoms in total. The fraction of sp³-hybridized carbons (Fsp3) is 0.516. The van der Waals surface area contributed by atoms with Gasteiger partial charge >= 0.3 is 5.52 Å². The molecular weight excluding hydrogens is 686 g/mol. The molecule has 0 aliphatic carbocycles. The summed E-state index contributed by atoms with van der Waals surface area (Å²) in [5.74, 6) is 5.69. The Bertz CT molecular complexity index is 1710. The summed E-state index contributed by atoms with van der Waals surface area (Å²) in [4.78, 5) is -0.629. The first-order valence-corrected chi connectivity index (χ1v) is 32.0. The maximum absolute atomic E-state index is 14.9. The molecule has 0 aromatic carbocycles. The highest BCUT2D eigenvalue weighted by molar-refractivity contribution is 8.76. The van der Waals surface area contributed by atoms with Crippen molar-refractivity contribution in [1.82, 2.24) is 0 Å². The monoisotopic (exact) mass is 736 g/mol. The maximum atomic E-state index is 14.9. The van der Waals surface area contributed by atoms with Gasteiger partial charge in [-0.2, -0.15) is 0 Å². The second-order valence-electron chi connectivity index (χ2n) is 12.2. The van der Waals surface area contributed by atoms with Gasteiger partial charge in [0, 0.05) is 0 Å². The zero-order valence-electron chi connectivity index (χ0n) is 28.0. The Morgan fingerprint density at radius 3 is 0.909 bits per heavy atom. The molecule has 0 saturated heterocycles. The summed E-state index contributed by atoms with van der Waals surface area (Å²) in [7, 11) is -14.6. The molecule has 0 radical (unpaired) electrons. The summed E-state index contributed by atoms with van der Waals surface area (Å²) in [6.45, 7) is 14.2. The van der Waals surface area contributed by atoms with Crippen molar-refractivity contribution in [1.29, 1.82) is 0 Å². The van der Waals surface area contributed by atoms with Crippen molar-refractivity contribution in [2.45, 2.75) is 67.4 Å². The Labute approximate surface area is 268 Å². The van der Waals surface area contributed by atoms with Crippen molar-refractivity contribution in [3.8, 4) is 0 Å². The molecule has 3 rings (SSSR count). The van der Waals surface area contributed by atoms with E-state index in [0.717, 1.165) is 40.9 Å². The first-order chi connectivity index (χ1) is 20.2. The molecule has 3 aliphatic heterocycles. The van der Waals surface area contributed by atoms with E-state index >= 15 is 0 Å². The van der Waals surface area contributed by atoms with E-state index in [2.05, 4.69) is 40.8 Å². The summed E-state index contributed by atoms with van der Waals surface area (Å²) < 4.78 is 89.4. The molecule has 248 valence electrons. The second-order valence-corrected chi connectivity index (χ2v) is 45.0. The molecule has 3 atom stereocenters. The summed E-state index contributed by atoms with van der Waals surface area (Å²) in [6, 6.07) is 0. The Hall–Kier alpha value is -0.593. The van der Waals surface area contributed by atoms with Crippen LogP contribution in [0.15, 0.2) is 68.6 Å². The third-order valence-electron chi connectivity index (χ3n) is 10.1. The molecule has 0 aromatic heterocycles. The summed E-state index contributed by atoms with van der Waals surface area (Å²) in [6.07, 6.45) is 13.5. The minimum atomic E-state index is -5.44. The summed E-state index contributed by atoms with van der Waals surface area (Å²) in [5.41, 5.74) is -5.44. The number of rotatable bonds is 12. The van der Waals surface area contributed by atoms with Crippen molar-refractivity contribution in [2.24, 2.45) is 0 Å². The predicted molar refractivity (Wildman–Crippen MR) is 206 cm³/mol. The van der Waals surface area contributed by atoms with E-state index in [1.54, 1.807) is 18.2 Å². The van der Waals surface area contributed by atoms with Crippen LogP contribution in [0.1, 0.15) is 60.8 Å². The van der Waals surface area contributed by atoms with Crippen LogP contribution in [0.4, 0.5) is 0 Å². The predicted octanol–water partition coefficient (Wildman–Crippen LogP) is 7.78.